The van der Waals surface area contributed by atoms with Gasteiger partial charge in [-0.3, -0.25) is 9.69 Å². The first-order valence-electron chi connectivity index (χ1n) is 9.99. The number of rotatable bonds is 7. The summed E-state index contributed by atoms with van der Waals surface area (Å²) >= 11 is 0. The molecule has 7 heteroatoms. The number of hydrogen-bond acceptors (Lipinski definition) is 5. The molecule has 1 fully saturated rings. The number of sulfone groups is 1. The van der Waals surface area contributed by atoms with Crippen LogP contribution in [0.5, 0.6) is 0 Å². The summed E-state index contributed by atoms with van der Waals surface area (Å²) in [6.07, 6.45) is 3.75. The fourth-order valence-corrected chi connectivity index (χ4v) is 6.54. The summed E-state index contributed by atoms with van der Waals surface area (Å²) in [6, 6.07) is 8.87. The van der Waals surface area contributed by atoms with Crippen molar-refractivity contribution in [1.82, 2.24) is 10.2 Å². The van der Waals surface area contributed by atoms with E-state index in [9.17, 15) is 13.2 Å². The van der Waals surface area contributed by atoms with Gasteiger partial charge in [0.2, 0.25) is 5.91 Å². The van der Waals surface area contributed by atoms with E-state index in [0.29, 0.717) is 18.4 Å². The summed E-state index contributed by atoms with van der Waals surface area (Å²) in [4.78, 5) is 15.6. The fourth-order valence-electron chi connectivity index (χ4n) is 4.14. The van der Waals surface area contributed by atoms with Gasteiger partial charge in [0.05, 0.1) is 17.2 Å². The molecule has 1 amide bonds. The summed E-state index contributed by atoms with van der Waals surface area (Å²) < 4.78 is 31.5. The Morgan fingerprint density at radius 1 is 1.21 bits per heavy atom. The Bertz CT molecular complexity index is 959. The van der Waals surface area contributed by atoms with Crippen LogP contribution in [-0.4, -0.2) is 44.6 Å². The maximum Gasteiger partial charge on any atom is 0.241 e. The van der Waals surface area contributed by atoms with Crippen molar-refractivity contribution in [2.24, 2.45) is 0 Å². The van der Waals surface area contributed by atoms with Crippen LogP contribution in [0.3, 0.4) is 0 Å². The molecule has 158 valence electrons. The topological polar surface area (TPSA) is 79.6 Å². The van der Waals surface area contributed by atoms with E-state index in [1.165, 1.54) is 0 Å². The Balaban J connectivity index is 1.90. The highest BCUT2D eigenvalue weighted by atomic mass is 32.2. The van der Waals surface area contributed by atoms with Gasteiger partial charge in [-0.25, -0.2) is 8.42 Å². The second kappa shape index (κ2) is 8.32. The molecule has 29 heavy (non-hydrogen) atoms. The molecule has 1 heterocycles. The number of benzene rings is 1. The largest absolute Gasteiger partial charge is 0.468 e. The number of carbonyl (C=O) groups is 1. The van der Waals surface area contributed by atoms with Crippen LogP contribution in [0.1, 0.15) is 48.6 Å². The standard InChI is InChI=1S/C22H30N2O4S/c1-16-9-10-17(2)20(14-16)29(26,27)22(11-5-6-12-22)21(25)23-15-18(24(3)4)19-8-7-13-28-19/h7-10,13-14,18H,5-6,11-12,15H2,1-4H3,(H,23,25). The monoisotopic (exact) mass is 418 g/mol. The van der Waals surface area contributed by atoms with E-state index in [1.807, 2.05) is 44.1 Å². The Hall–Kier alpha value is -2.12. The van der Waals surface area contributed by atoms with Crippen LogP contribution in [0, 0.1) is 13.8 Å². The maximum atomic E-state index is 13.7. The van der Waals surface area contributed by atoms with Gasteiger partial charge >= 0.3 is 0 Å². The summed E-state index contributed by atoms with van der Waals surface area (Å²) in [5.74, 6) is 0.322. The Morgan fingerprint density at radius 2 is 1.90 bits per heavy atom. The minimum atomic E-state index is -3.82. The number of amides is 1. The maximum absolute atomic E-state index is 13.7. The predicted molar refractivity (Wildman–Crippen MR) is 112 cm³/mol. The molecule has 1 aliphatic carbocycles. The number of furan rings is 1. The van der Waals surface area contributed by atoms with Crippen molar-refractivity contribution in [3.63, 3.8) is 0 Å². The Morgan fingerprint density at radius 3 is 2.48 bits per heavy atom. The first kappa shape index (κ1) is 21.6. The average Bonchev–Trinajstić information content (AvgIpc) is 3.36. The third-order valence-corrected chi connectivity index (χ3v) is 8.56. The van der Waals surface area contributed by atoms with Crippen molar-refractivity contribution in [1.29, 1.82) is 0 Å². The number of nitrogens with one attached hydrogen (secondary N) is 1. The van der Waals surface area contributed by atoms with Crippen molar-refractivity contribution in [2.75, 3.05) is 20.6 Å². The highest BCUT2D eigenvalue weighted by Gasteiger charge is 2.53. The molecule has 0 radical (unpaired) electrons. The third kappa shape index (κ3) is 3.98. The van der Waals surface area contributed by atoms with Gasteiger partial charge < -0.3 is 9.73 Å². The van der Waals surface area contributed by atoms with E-state index in [4.69, 9.17) is 4.42 Å². The van der Waals surface area contributed by atoms with Crippen LogP contribution < -0.4 is 5.32 Å². The van der Waals surface area contributed by atoms with E-state index in [0.717, 1.165) is 24.2 Å². The number of hydrogen-bond donors (Lipinski definition) is 1. The zero-order chi connectivity index (χ0) is 21.2. The molecule has 2 aromatic rings. The fraction of sp³-hybridized carbons (Fsp3) is 0.500. The van der Waals surface area contributed by atoms with E-state index >= 15 is 0 Å². The first-order chi connectivity index (χ1) is 13.7. The lowest BCUT2D eigenvalue weighted by Gasteiger charge is -2.30. The second-order valence-corrected chi connectivity index (χ2v) is 10.4. The molecule has 1 aliphatic rings. The Kier molecular flexibility index (Phi) is 6.19. The van der Waals surface area contributed by atoms with Crippen LogP contribution in [0.15, 0.2) is 45.9 Å². The minimum absolute atomic E-state index is 0.171. The molecule has 1 unspecified atom stereocenters. The van der Waals surface area contributed by atoms with Gasteiger partial charge in [-0.2, -0.15) is 0 Å². The van der Waals surface area contributed by atoms with Crippen LogP contribution in [0.2, 0.25) is 0 Å². The lowest BCUT2D eigenvalue weighted by Crippen LogP contribution is -2.52. The van der Waals surface area contributed by atoms with Crippen molar-refractivity contribution >= 4 is 15.7 Å². The van der Waals surface area contributed by atoms with Gasteiger partial charge in [0.15, 0.2) is 14.6 Å². The van der Waals surface area contributed by atoms with Crippen LogP contribution in [-0.2, 0) is 14.6 Å². The molecule has 6 nitrogen and oxygen atoms in total. The second-order valence-electron chi connectivity index (χ2n) is 8.18. The molecule has 0 saturated heterocycles. The van der Waals surface area contributed by atoms with Crippen LogP contribution in [0.25, 0.3) is 0 Å². The molecule has 1 aromatic carbocycles. The molecule has 0 aliphatic heterocycles. The molecular formula is C22H30N2O4S. The van der Waals surface area contributed by atoms with Gasteiger partial charge in [0.25, 0.3) is 0 Å². The third-order valence-electron chi connectivity index (χ3n) is 5.92. The molecular weight excluding hydrogens is 388 g/mol. The van der Waals surface area contributed by atoms with E-state index < -0.39 is 20.5 Å². The van der Waals surface area contributed by atoms with Crippen molar-refractivity contribution in [3.05, 3.63) is 53.5 Å². The Labute approximate surface area is 173 Å². The number of likely N-dealkylation sites (N-methyl/N-ethyl adjacent to an activating group) is 1. The summed E-state index contributed by atoms with van der Waals surface area (Å²) in [7, 11) is -0.0231. The minimum Gasteiger partial charge on any atom is -0.468 e. The lowest BCUT2D eigenvalue weighted by atomic mass is 10.1. The molecule has 0 spiro atoms. The van der Waals surface area contributed by atoms with Crippen molar-refractivity contribution < 1.29 is 17.6 Å². The SMILES string of the molecule is Cc1ccc(C)c(S(=O)(=O)C2(C(=O)NCC(c3ccco3)N(C)C)CCCC2)c1. The summed E-state index contributed by atoms with van der Waals surface area (Å²) in [6.45, 7) is 3.93. The zero-order valence-corrected chi connectivity index (χ0v) is 18.4. The molecule has 1 aromatic heterocycles. The molecule has 3 rings (SSSR count). The van der Waals surface area contributed by atoms with E-state index in [-0.39, 0.29) is 17.5 Å². The van der Waals surface area contributed by atoms with Gasteiger partial charge in [-0.15, -0.1) is 0 Å². The van der Waals surface area contributed by atoms with Crippen molar-refractivity contribution in [3.8, 4) is 0 Å². The zero-order valence-electron chi connectivity index (χ0n) is 17.6. The number of nitrogens with zero attached hydrogens (tertiary/aromatic N) is 1. The first-order valence-corrected chi connectivity index (χ1v) is 11.5. The molecule has 1 saturated carbocycles. The molecule has 1 N–H and O–H groups in total. The van der Waals surface area contributed by atoms with Gasteiger partial charge in [-0.1, -0.05) is 25.0 Å². The average molecular weight is 419 g/mol. The van der Waals surface area contributed by atoms with Crippen molar-refractivity contribution in [2.45, 2.75) is 55.2 Å². The van der Waals surface area contributed by atoms with E-state index in [1.54, 1.807) is 25.3 Å². The summed E-state index contributed by atoms with van der Waals surface area (Å²) in [5.41, 5.74) is 1.55. The van der Waals surface area contributed by atoms with Gasteiger partial charge in [0.1, 0.15) is 5.76 Å². The van der Waals surface area contributed by atoms with Crippen LogP contribution >= 0.6 is 0 Å². The molecule has 1 atom stereocenters. The summed E-state index contributed by atoms with van der Waals surface area (Å²) in [5, 5.41) is 2.93. The number of carbonyl (C=O) groups excluding carboxylic acids is 1. The van der Waals surface area contributed by atoms with E-state index in [2.05, 4.69) is 5.32 Å². The van der Waals surface area contributed by atoms with Gasteiger partial charge in [0, 0.05) is 6.54 Å². The number of aryl methyl sites for hydroxylation is 2. The molecule has 0 bridgehead atoms. The highest BCUT2D eigenvalue weighted by Crippen LogP contribution is 2.42. The predicted octanol–water partition coefficient (Wildman–Crippen LogP) is 3.40. The van der Waals surface area contributed by atoms with Gasteiger partial charge in [-0.05, 0) is 70.1 Å². The lowest BCUT2D eigenvalue weighted by molar-refractivity contribution is -0.123. The highest BCUT2D eigenvalue weighted by molar-refractivity contribution is 7.93. The normalized spacial score (nSPS) is 17.4. The van der Waals surface area contributed by atoms with Crippen LogP contribution in [0.4, 0.5) is 0 Å². The quantitative estimate of drug-likeness (QED) is 0.745. The smallest absolute Gasteiger partial charge is 0.241 e.